The molecule has 0 aliphatic heterocycles. The molecule has 0 amide bonds. The minimum Gasteiger partial charge on any atom is -1.00 e. The van der Waals surface area contributed by atoms with Gasteiger partial charge in [-0.15, -0.1) is 0 Å². The number of hydrogen-bond acceptors (Lipinski definition) is 8. The van der Waals surface area contributed by atoms with Crippen LogP contribution >= 0.6 is 43.2 Å². The normalized spacial score (nSPS) is 10.2. The van der Waals surface area contributed by atoms with Crippen LogP contribution in [0.5, 0.6) is 0 Å². The zero-order valence-corrected chi connectivity index (χ0v) is 26.3. The molecule has 0 aromatic carbocycles. The monoisotopic (exact) mass is 550 g/mol. The molecule has 0 aromatic rings. The molecule has 0 aromatic heterocycles. The van der Waals surface area contributed by atoms with E-state index in [1.165, 1.54) is 49.2 Å². The van der Waals surface area contributed by atoms with E-state index in [-0.39, 0.29) is 44.3 Å². The molecule has 0 radical (unpaired) electrons. The van der Waals surface area contributed by atoms with Crippen LogP contribution in [0.4, 0.5) is 0 Å². The predicted octanol–water partition coefficient (Wildman–Crippen LogP) is -3.01. The molecule has 0 rings (SSSR count). The van der Waals surface area contributed by atoms with E-state index < -0.39 is 0 Å². The average molecular weight is 553 g/mol. The van der Waals surface area contributed by atoms with E-state index in [1.54, 1.807) is 0 Å². The standard InChI is InChI=1S/2C8H20N2S2.2ClH.Zn/c2*1-9(2)5-7-11-12-8-6-10(3)4;;;/h2*5-8H2,1-4H3;2*1H;/q;;;;+2/p-2. The van der Waals surface area contributed by atoms with Crippen molar-refractivity contribution in [3.05, 3.63) is 0 Å². The second kappa shape index (κ2) is 30.6. The van der Waals surface area contributed by atoms with Crippen molar-refractivity contribution < 1.29 is 44.3 Å². The maximum atomic E-state index is 2.22. The van der Waals surface area contributed by atoms with Gasteiger partial charge in [-0.05, 0) is 56.4 Å². The summed E-state index contributed by atoms with van der Waals surface area (Å²) in [6, 6.07) is 0. The van der Waals surface area contributed by atoms with Crippen LogP contribution in [0.2, 0.25) is 0 Å². The zero-order chi connectivity index (χ0) is 18.8. The first-order valence-corrected chi connectivity index (χ1v) is 13.3. The molecule has 11 heteroatoms. The van der Waals surface area contributed by atoms with E-state index in [4.69, 9.17) is 0 Å². The van der Waals surface area contributed by atoms with E-state index in [2.05, 4.69) is 76.0 Å². The molecule has 0 unspecified atom stereocenters. The van der Waals surface area contributed by atoms with Crippen LogP contribution in [-0.2, 0) is 19.5 Å². The van der Waals surface area contributed by atoms with E-state index in [9.17, 15) is 0 Å². The largest absolute Gasteiger partial charge is 2.00 e. The molecule has 0 saturated heterocycles. The third kappa shape index (κ3) is 47.6. The molecule has 0 atom stereocenters. The van der Waals surface area contributed by atoms with Crippen molar-refractivity contribution in [2.45, 2.75) is 0 Å². The summed E-state index contributed by atoms with van der Waals surface area (Å²) in [5.41, 5.74) is 0. The zero-order valence-electron chi connectivity index (χ0n) is 18.5. The first kappa shape index (κ1) is 39.9. The molecule has 0 bridgehead atoms. The molecule has 0 fully saturated rings. The quantitative estimate of drug-likeness (QED) is 0.127. The third-order valence-corrected chi connectivity index (χ3v) is 7.38. The summed E-state index contributed by atoms with van der Waals surface area (Å²) in [6.07, 6.45) is 0. The van der Waals surface area contributed by atoms with Crippen LogP contribution in [0.1, 0.15) is 0 Å². The second-order valence-corrected chi connectivity index (χ2v) is 11.9. The molecule has 0 N–H and O–H groups in total. The molecule has 0 aliphatic carbocycles. The van der Waals surface area contributed by atoms with Crippen molar-refractivity contribution in [2.24, 2.45) is 0 Å². The van der Waals surface area contributed by atoms with Gasteiger partial charge in [-0.2, -0.15) is 0 Å². The van der Waals surface area contributed by atoms with E-state index in [1.807, 2.05) is 43.2 Å². The van der Waals surface area contributed by atoms with Gasteiger partial charge < -0.3 is 44.4 Å². The van der Waals surface area contributed by atoms with Crippen LogP contribution in [0.25, 0.3) is 0 Å². The SMILES string of the molecule is CN(C)CCSSCCN(C)C.CN(C)CCSSCCN(C)C.[Cl-].[Cl-].[Zn+2]. The summed E-state index contributed by atoms with van der Waals surface area (Å²) < 4.78 is 0. The molecule has 0 spiro atoms. The number of nitrogens with zero attached hydrogens (tertiary/aromatic N) is 4. The minimum atomic E-state index is 0. The molecule has 0 aliphatic rings. The number of hydrogen-bond donors (Lipinski definition) is 0. The first-order chi connectivity index (χ1) is 11.3. The fourth-order valence-electron chi connectivity index (χ4n) is 1.12. The Morgan fingerprint density at radius 2 is 0.556 bits per heavy atom. The van der Waals surface area contributed by atoms with Crippen LogP contribution in [0.3, 0.4) is 0 Å². The van der Waals surface area contributed by atoms with Gasteiger partial charge in [0.25, 0.3) is 0 Å². The number of rotatable bonds is 14. The van der Waals surface area contributed by atoms with Crippen molar-refractivity contribution in [3.63, 3.8) is 0 Å². The summed E-state index contributed by atoms with van der Waals surface area (Å²) in [5.74, 6) is 4.91. The van der Waals surface area contributed by atoms with E-state index in [0.29, 0.717) is 0 Å². The first-order valence-electron chi connectivity index (χ1n) is 8.33. The van der Waals surface area contributed by atoms with Gasteiger partial charge in [-0.3, -0.25) is 0 Å². The Morgan fingerprint density at radius 1 is 0.407 bits per heavy atom. The molecule has 0 saturated carbocycles. The predicted molar refractivity (Wildman–Crippen MR) is 124 cm³/mol. The van der Waals surface area contributed by atoms with Crippen molar-refractivity contribution in [2.75, 3.05) is 106 Å². The minimum absolute atomic E-state index is 0. The number of halogens is 2. The fourth-order valence-corrected chi connectivity index (χ4v) is 5.65. The van der Waals surface area contributed by atoms with Gasteiger partial charge in [0.15, 0.2) is 0 Å². The summed E-state index contributed by atoms with van der Waals surface area (Å²) in [7, 11) is 24.8. The van der Waals surface area contributed by atoms with Gasteiger partial charge in [-0.25, -0.2) is 0 Å². The Labute approximate surface area is 211 Å². The molecule has 164 valence electrons. The molecule has 27 heavy (non-hydrogen) atoms. The topological polar surface area (TPSA) is 13.0 Å². The van der Waals surface area contributed by atoms with Gasteiger partial charge in [0.2, 0.25) is 0 Å². The summed E-state index contributed by atoms with van der Waals surface area (Å²) in [4.78, 5) is 8.89. The van der Waals surface area contributed by atoms with Crippen LogP contribution in [-0.4, -0.2) is 125 Å². The van der Waals surface area contributed by atoms with Crippen LogP contribution in [0, 0.1) is 0 Å². The Bertz CT molecular complexity index is 210. The maximum Gasteiger partial charge on any atom is 2.00 e. The second-order valence-electron chi connectivity index (χ2n) is 6.50. The van der Waals surface area contributed by atoms with Gasteiger partial charge >= 0.3 is 19.5 Å². The average Bonchev–Trinajstić information content (AvgIpc) is 2.46. The van der Waals surface area contributed by atoms with Crippen molar-refractivity contribution in [1.82, 2.24) is 19.6 Å². The van der Waals surface area contributed by atoms with Gasteiger partial charge in [-0.1, -0.05) is 43.2 Å². The molecular weight excluding hydrogens is 513 g/mol. The van der Waals surface area contributed by atoms with Crippen LogP contribution < -0.4 is 24.8 Å². The van der Waals surface area contributed by atoms with Crippen molar-refractivity contribution >= 4 is 43.2 Å². The van der Waals surface area contributed by atoms with Gasteiger partial charge in [0, 0.05) is 49.2 Å². The summed E-state index contributed by atoms with van der Waals surface area (Å²) in [5, 5.41) is 0. The van der Waals surface area contributed by atoms with E-state index in [0.717, 1.165) is 0 Å². The molecule has 4 nitrogen and oxygen atoms in total. The fraction of sp³-hybridized carbons (Fsp3) is 1.00. The smallest absolute Gasteiger partial charge is 1.00 e. The molecule has 0 heterocycles. The Balaban J connectivity index is -0.000000108. The van der Waals surface area contributed by atoms with Crippen LogP contribution in [0.15, 0.2) is 0 Å². The van der Waals surface area contributed by atoms with Gasteiger partial charge in [0.1, 0.15) is 0 Å². The molecular formula is C16H40Cl2N4S4Zn. The maximum absolute atomic E-state index is 2.22. The Hall–Kier alpha value is 2.44. The van der Waals surface area contributed by atoms with E-state index >= 15 is 0 Å². The van der Waals surface area contributed by atoms with Gasteiger partial charge in [0.05, 0.1) is 0 Å². The Kier molecular flexibility index (Phi) is 45.2. The summed E-state index contributed by atoms with van der Waals surface area (Å²) >= 11 is 0. The third-order valence-electron chi connectivity index (χ3n) is 2.65. The summed E-state index contributed by atoms with van der Waals surface area (Å²) in [6.45, 7) is 4.72. The van der Waals surface area contributed by atoms with Crippen molar-refractivity contribution in [1.29, 1.82) is 0 Å². The Morgan fingerprint density at radius 3 is 0.667 bits per heavy atom. The van der Waals surface area contributed by atoms with Crippen molar-refractivity contribution in [3.8, 4) is 0 Å².